The Kier molecular flexibility index (Phi) is 3.52. The number of likely N-dealkylation sites (N-methyl/N-ethyl adjacent to an activating group) is 1. The quantitative estimate of drug-likeness (QED) is 0.856. The van der Waals surface area contributed by atoms with E-state index in [1.165, 1.54) is 24.0 Å². The van der Waals surface area contributed by atoms with Crippen molar-refractivity contribution < 1.29 is 4.74 Å². The molecule has 2 aliphatic rings. The summed E-state index contributed by atoms with van der Waals surface area (Å²) in [5, 5.41) is 7.06. The van der Waals surface area contributed by atoms with Gasteiger partial charge in [-0.25, -0.2) is 0 Å². The molecule has 0 saturated carbocycles. The van der Waals surface area contributed by atoms with Gasteiger partial charge in [0.05, 0.1) is 6.61 Å². The number of ether oxygens (including phenoxy) is 1. The van der Waals surface area contributed by atoms with Gasteiger partial charge >= 0.3 is 0 Å². The Morgan fingerprint density at radius 2 is 2.33 bits per heavy atom. The Morgan fingerprint density at radius 3 is 3.11 bits per heavy atom. The molecule has 0 bridgehead atoms. The first kappa shape index (κ1) is 12.0. The maximum atomic E-state index is 5.68. The molecular formula is C15H22N2O. The molecule has 0 radical (unpaired) electrons. The highest BCUT2D eigenvalue weighted by atomic mass is 16.5. The number of benzene rings is 1. The maximum Gasteiger partial charge on any atom is 0.122 e. The molecule has 0 aromatic heterocycles. The SMILES string of the molecule is CNC(c1ccc2c(c1)CCCO2)C1CCCN1. The van der Waals surface area contributed by atoms with Gasteiger partial charge in [-0.05, 0) is 56.5 Å². The fourth-order valence-corrected chi connectivity index (χ4v) is 3.17. The van der Waals surface area contributed by atoms with Crippen LogP contribution in [0.3, 0.4) is 0 Å². The third kappa shape index (κ3) is 2.25. The Morgan fingerprint density at radius 1 is 1.39 bits per heavy atom. The normalized spacial score (nSPS) is 24.4. The highest BCUT2D eigenvalue weighted by Gasteiger charge is 2.25. The van der Waals surface area contributed by atoms with E-state index in [-0.39, 0.29) is 0 Å². The van der Waals surface area contributed by atoms with Gasteiger partial charge in [-0.2, -0.15) is 0 Å². The van der Waals surface area contributed by atoms with Gasteiger partial charge in [-0.15, -0.1) is 0 Å². The molecule has 0 aliphatic carbocycles. The summed E-state index contributed by atoms with van der Waals surface area (Å²) >= 11 is 0. The molecule has 2 aliphatic heterocycles. The molecule has 3 rings (SSSR count). The molecule has 1 saturated heterocycles. The highest BCUT2D eigenvalue weighted by Crippen LogP contribution is 2.30. The van der Waals surface area contributed by atoms with E-state index in [1.807, 2.05) is 0 Å². The van der Waals surface area contributed by atoms with Crippen LogP contribution < -0.4 is 15.4 Å². The first-order valence-electron chi connectivity index (χ1n) is 7.05. The number of rotatable bonds is 3. The Hall–Kier alpha value is -1.06. The van der Waals surface area contributed by atoms with Gasteiger partial charge in [0, 0.05) is 12.1 Å². The first-order chi connectivity index (χ1) is 8.88. The fourth-order valence-electron chi connectivity index (χ4n) is 3.17. The minimum Gasteiger partial charge on any atom is -0.493 e. The molecule has 1 aromatic carbocycles. The summed E-state index contributed by atoms with van der Waals surface area (Å²) in [5.41, 5.74) is 2.76. The molecule has 98 valence electrons. The van der Waals surface area contributed by atoms with Crippen LogP contribution in [0.1, 0.15) is 36.4 Å². The van der Waals surface area contributed by atoms with Crippen LogP contribution >= 0.6 is 0 Å². The van der Waals surface area contributed by atoms with Crippen molar-refractivity contribution in [3.63, 3.8) is 0 Å². The zero-order valence-corrected chi connectivity index (χ0v) is 11.0. The smallest absolute Gasteiger partial charge is 0.122 e. The lowest BCUT2D eigenvalue weighted by Gasteiger charge is -2.26. The van der Waals surface area contributed by atoms with Crippen LogP contribution in [-0.4, -0.2) is 26.2 Å². The van der Waals surface area contributed by atoms with Gasteiger partial charge in [-0.3, -0.25) is 0 Å². The highest BCUT2D eigenvalue weighted by molar-refractivity contribution is 5.40. The van der Waals surface area contributed by atoms with Gasteiger partial charge in [0.25, 0.3) is 0 Å². The van der Waals surface area contributed by atoms with Crippen LogP contribution in [0.25, 0.3) is 0 Å². The average Bonchev–Trinajstić information content (AvgIpc) is 2.93. The summed E-state index contributed by atoms with van der Waals surface area (Å²) in [6.45, 7) is 2.02. The van der Waals surface area contributed by atoms with E-state index in [9.17, 15) is 0 Å². The van der Waals surface area contributed by atoms with Gasteiger partial charge in [0.1, 0.15) is 5.75 Å². The average molecular weight is 246 g/mol. The molecule has 0 amide bonds. The molecule has 2 unspecified atom stereocenters. The fraction of sp³-hybridized carbons (Fsp3) is 0.600. The zero-order chi connectivity index (χ0) is 12.4. The van der Waals surface area contributed by atoms with Crippen molar-refractivity contribution in [2.24, 2.45) is 0 Å². The van der Waals surface area contributed by atoms with E-state index in [4.69, 9.17) is 4.74 Å². The second-order valence-electron chi connectivity index (χ2n) is 5.29. The second kappa shape index (κ2) is 5.29. The molecule has 2 atom stereocenters. The van der Waals surface area contributed by atoms with Crippen LogP contribution in [0, 0.1) is 0 Å². The molecule has 1 aromatic rings. The lowest BCUT2D eigenvalue weighted by Crippen LogP contribution is -2.36. The van der Waals surface area contributed by atoms with Gasteiger partial charge in [0.2, 0.25) is 0 Å². The van der Waals surface area contributed by atoms with Crippen molar-refractivity contribution in [3.8, 4) is 5.75 Å². The third-order valence-corrected chi connectivity index (χ3v) is 4.10. The lowest BCUT2D eigenvalue weighted by atomic mass is 9.94. The molecule has 3 heteroatoms. The summed E-state index contributed by atoms with van der Waals surface area (Å²) in [6.07, 6.45) is 4.84. The van der Waals surface area contributed by atoms with Gasteiger partial charge < -0.3 is 15.4 Å². The Bertz CT molecular complexity index is 413. The lowest BCUT2D eigenvalue weighted by molar-refractivity contribution is 0.288. The summed E-state index contributed by atoms with van der Waals surface area (Å²) in [5.74, 6) is 1.08. The van der Waals surface area contributed by atoms with E-state index >= 15 is 0 Å². The number of fused-ring (bicyclic) bond motifs is 1. The monoisotopic (exact) mass is 246 g/mol. The van der Waals surface area contributed by atoms with E-state index < -0.39 is 0 Å². The molecular weight excluding hydrogens is 224 g/mol. The van der Waals surface area contributed by atoms with Crippen molar-refractivity contribution in [2.45, 2.75) is 37.8 Å². The predicted octanol–water partition coefficient (Wildman–Crippen LogP) is 2.02. The van der Waals surface area contributed by atoms with Crippen molar-refractivity contribution in [3.05, 3.63) is 29.3 Å². The molecule has 1 fully saturated rings. The molecule has 2 N–H and O–H groups in total. The maximum absolute atomic E-state index is 5.68. The Labute approximate surface area is 109 Å². The molecule has 18 heavy (non-hydrogen) atoms. The Balaban J connectivity index is 1.85. The van der Waals surface area contributed by atoms with Crippen LogP contribution in [0.2, 0.25) is 0 Å². The topological polar surface area (TPSA) is 33.3 Å². The largest absolute Gasteiger partial charge is 0.493 e. The van der Waals surface area contributed by atoms with Crippen LogP contribution in [0.5, 0.6) is 5.75 Å². The number of aryl methyl sites for hydroxylation is 1. The first-order valence-corrected chi connectivity index (χ1v) is 7.05. The minimum atomic E-state index is 0.416. The van der Waals surface area contributed by atoms with E-state index in [1.54, 1.807) is 0 Å². The number of nitrogens with one attached hydrogen (secondary N) is 2. The number of hydrogen-bond donors (Lipinski definition) is 2. The van der Waals surface area contributed by atoms with Gasteiger partial charge in [-0.1, -0.05) is 12.1 Å². The predicted molar refractivity (Wildman–Crippen MR) is 73.1 cm³/mol. The van der Waals surface area contributed by atoms with Crippen molar-refractivity contribution in [1.82, 2.24) is 10.6 Å². The van der Waals surface area contributed by atoms with Gasteiger partial charge in [0.15, 0.2) is 0 Å². The standard InChI is InChI=1S/C15H22N2O/c1-16-15(13-5-2-8-17-13)12-6-7-14-11(10-12)4-3-9-18-14/h6-7,10,13,15-17H,2-5,8-9H2,1H3. The number of hydrogen-bond acceptors (Lipinski definition) is 3. The molecule has 3 nitrogen and oxygen atoms in total. The van der Waals surface area contributed by atoms with Crippen molar-refractivity contribution in [2.75, 3.05) is 20.2 Å². The summed E-state index contributed by atoms with van der Waals surface area (Å²) < 4.78 is 5.68. The minimum absolute atomic E-state index is 0.416. The van der Waals surface area contributed by atoms with Crippen molar-refractivity contribution in [1.29, 1.82) is 0 Å². The summed E-state index contributed by atoms with van der Waals surface area (Å²) in [4.78, 5) is 0. The van der Waals surface area contributed by atoms with Crippen molar-refractivity contribution >= 4 is 0 Å². The third-order valence-electron chi connectivity index (χ3n) is 4.10. The van der Waals surface area contributed by atoms with Crippen LogP contribution in [0.15, 0.2) is 18.2 Å². The molecule has 2 heterocycles. The van der Waals surface area contributed by atoms with E-state index in [0.29, 0.717) is 12.1 Å². The van der Waals surface area contributed by atoms with Crippen LogP contribution in [-0.2, 0) is 6.42 Å². The summed E-state index contributed by atoms with van der Waals surface area (Å²) in [7, 11) is 2.06. The van der Waals surface area contributed by atoms with Crippen LogP contribution in [0.4, 0.5) is 0 Å². The van der Waals surface area contributed by atoms with E-state index in [2.05, 4.69) is 35.9 Å². The zero-order valence-electron chi connectivity index (χ0n) is 11.0. The second-order valence-corrected chi connectivity index (χ2v) is 5.29. The molecule has 0 spiro atoms. The summed E-state index contributed by atoms with van der Waals surface area (Å²) in [6, 6.07) is 7.67. The van der Waals surface area contributed by atoms with E-state index in [0.717, 1.165) is 31.7 Å².